The fourth-order valence-corrected chi connectivity index (χ4v) is 3.05. The van der Waals surface area contributed by atoms with Crippen molar-refractivity contribution in [3.05, 3.63) is 48.5 Å². The minimum Gasteiger partial charge on any atom is -0.326 e. The Labute approximate surface area is 140 Å². The smallest absolute Gasteiger partial charge is 0.261 e. The molecule has 2 rings (SSSR count). The predicted molar refractivity (Wildman–Crippen MR) is 92.3 cm³/mol. The van der Waals surface area contributed by atoms with E-state index in [9.17, 15) is 18.0 Å². The van der Waals surface area contributed by atoms with Gasteiger partial charge >= 0.3 is 0 Å². The summed E-state index contributed by atoms with van der Waals surface area (Å²) in [6.07, 6.45) is 0. The Morgan fingerprint density at radius 3 is 1.92 bits per heavy atom. The fraction of sp³-hybridized carbons (Fsp3) is 0.125. The van der Waals surface area contributed by atoms with Gasteiger partial charge in [-0.05, 0) is 42.5 Å². The van der Waals surface area contributed by atoms with Gasteiger partial charge < -0.3 is 10.6 Å². The number of amides is 2. The molecule has 0 aromatic heterocycles. The first-order valence-corrected chi connectivity index (χ1v) is 8.53. The Kier molecular flexibility index (Phi) is 5.20. The van der Waals surface area contributed by atoms with Crippen LogP contribution in [0.1, 0.15) is 13.8 Å². The molecule has 8 heteroatoms. The van der Waals surface area contributed by atoms with Crippen molar-refractivity contribution in [1.82, 2.24) is 0 Å². The number of sulfonamides is 1. The van der Waals surface area contributed by atoms with E-state index in [1.165, 1.54) is 44.2 Å². The molecule has 0 fully saturated rings. The van der Waals surface area contributed by atoms with Gasteiger partial charge in [-0.25, -0.2) is 8.42 Å². The molecule has 0 heterocycles. The molecule has 2 aromatic rings. The van der Waals surface area contributed by atoms with Crippen molar-refractivity contribution in [1.29, 1.82) is 0 Å². The summed E-state index contributed by atoms with van der Waals surface area (Å²) < 4.78 is 27.2. The molecule has 0 bridgehead atoms. The van der Waals surface area contributed by atoms with E-state index in [2.05, 4.69) is 15.4 Å². The Hall–Kier alpha value is -2.87. The van der Waals surface area contributed by atoms with Crippen molar-refractivity contribution >= 4 is 38.9 Å². The lowest BCUT2D eigenvalue weighted by molar-refractivity contribution is -0.115. The molecule has 0 aliphatic heterocycles. The summed E-state index contributed by atoms with van der Waals surface area (Å²) in [7, 11) is -3.78. The van der Waals surface area contributed by atoms with E-state index in [-0.39, 0.29) is 16.7 Å². The zero-order valence-electron chi connectivity index (χ0n) is 13.2. The zero-order valence-corrected chi connectivity index (χ0v) is 14.0. The molecule has 0 aliphatic rings. The van der Waals surface area contributed by atoms with Crippen LogP contribution < -0.4 is 15.4 Å². The van der Waals surface area contributed by atoms with Gasteiger partial charge in [-0.1, -0.05) is 6.07 Å². The van der Waals surface area contributed by atoms with Crippen LogP contribution in [0.5, 0.6) is 0 Å². The second-order valence-corrected chi connectivity index (χ2v) is 6.76. The number of hydrogen-bond acceptors (Lipinski definition) is 4. The number of hydrogen-bond donors (Lipinski definition) is 3. The highest BCUT2D eigenvalue weighted by molar-refractivity contribution is 7.92. The number of anilines is 3. The first kappa shape index (κ1) is 17.5. The molecule has 0 spiro atoms. The van der Waals surface area contributed by atoms with Gasteiger partial charge in [0.15, 0.2) is 0 Å². The minimum atomic E-state index is -3.78. The van der Waals surface area contributed by atoms with Crippen LogP contribution >= 0.6 is 0 Å². The topological polar surface area (TPSA) is 104 Å². The van der Waals surface area contributed by atoms with Crippen LogP contribution in [0.3, 0.4) is 0 Å². The molecule has 24 heavy (non-hydrogen) atoms. The van der Waals surface area contributed by atoms with Crippen molar-refractivity contribution in [2.24, 2.45) is 0 Å². The highest BCUT2D eigenvalue weighted by Gasteiger charge is 2.14. The molecule has 2 amide bonds. The van der Waals surface area contributed by atoms with Gasteiger partial charge in [-0.2, -0.15) is 0 Å². The SMILES string of the molecule is CC(=O)Nc1ccc(S(=O)(=O)Nc2cccc(NC(C)=O)c2)cc1. The van der Waals surface area contributed by atoms with Crippen LogP contribution in [-0.4, -0.2) is 20.2 Å². The Balaban J connectivity index is 2.19. The largest absolute Gasteiger partial charge is 0.326 e. The van der Waals surface area contributed by atoms with Crippen molar-refractivity contribution in [2.45, 2.75) is 18.7 Å². The third-order valence-corrected chi connectivity index (χ3v) is 4.32. The van der Waals surface area contributed by atoms with E-state index in [0.717, 1.165) is 0 Å². The summed E-state index contributed by atoms with van der Waals surface area (Å²) >= 11 is 0. The third kappa shape index (κ3) is 4.82. The maximum Gasteiger partial charge on any atom is 0.261 e. The van der Waals surface area contributed by atoms with Gasteiger partial charge in [-0.3, -0.25) is 14.3 Å². The first-order valence-electron chi connectivity index (χ1n) is 7.04. The molecule has 0 saturated carbocycles. The molecule has 2 aromatic carbocycles. The Morgan fingerprint density at radius 2 is 1.33 bits per heavy atom. The fourth-order valence-electron chi connectivity index (χ4n) is 2.00. The lowest BCUT2D eigenvalue weighted by Crippen LogP contribution is -2.14. The lowest BCUT2D eigenvalue weighted by Gasteiger charge is -2.10. The third-order valence-electron chi connectivity index (χ3n) is 2.92. The normalized spacial score (nSPS) is 10.8. The van der Waals surface area contributed by atoms with E-state index in [1.807, 2.05) is 0 Å². The van der Waals surface area contributed by atoms with Crippen molar-refractivity contribution in [2.75, 3.05) is 15.4 Å². The molecule has 126 valence electrons. The number of rotatable bonds is 5. The predicted octanol–water partition coefficient (Wildman–Crippen LogP) is 2.40. The summed E-state index contributed by atoms with van der Waals surface area (Å²) in [6, 6.07) is 12.2. The molecule has 0 saturated heterocycles. The monoisotopic (exact) mass is 347 g/mol. The van der Waals surface area contributed by atoms with Crippen LogP contribution in [0.15, 0.2) is 53.4 Å². The Bertz CT molecular complexity index is 861. The maximum atomic E-state index is 12.4. The molecule has 0 atom stereocenters. The van der Waals surface area contributed by atoms with Gasteiger partial charge in [0, 0.05) is 25.2 Å². The van der Waals surface area contributed by atoms with Crippen LogP contribution in [0, 0.1) is 0 Å². The van der Waals surface area contributed by atoms with Crippen LogP contribution in [0.4, 0.5) is 17.1 Å². The summed E-state index contributed by atoms with van der Waals surface area (Å²) in [5.74, 6) is -0.484. The highest BCUT2D eigenvalue weighted by Crippen LogP contribution is 2.20. The van der Waals surface area contributed by atoms with E-state index in [0.29, 0.717) is 17.1 Å². The maximum absolute atomic E-state index is 12.4. The van der Waals surface area contributed by atoms with Crippen LogP contribution in [-0.2, 0) is 19.6 Å². The van der Waals surface area contributed by atoms with E-state index >= 15 is 0 Å². The lowest BCUT2D eigenvalue weighted by atomic mass is 10.3. The number of carbonyl (C=O) groups is 2. The standard InChI is InChI=1S/C16H17N3O4S/c1-11(20)17-13-6-8-16(9-7-13)24(22,23)19-15-5-3-4-14(10-15)18-12(2)21/h3-10,19H,1-2H3,(H,17,20)(H,18,21). The van der Waals surface area contributed by atoms with Crippen molar-refractivity contribution < 1.29 is 18.0 Å². The van der Waals surface area contributed by atoms with Gasteiger partial charge in [0.2, 0.25) is 11.8 Å². The second kappa shape index (κ2) is 7.14. The summed E-state index contributed by atoms with van der Waals surface area (Å²) in [6.45, 7) is 2.74. The number of carbonyl (C=O) groups excluding carboxylic acids is 2. The molecule has 0 radical (unpaired) electrons. The van der Waals surface area contributed by atoms with E-state index in [1.54, 1.807) is 18.2 Å². The van der Waals surface area contributed by atoms with E-state index in [4.69, 9.17) is 0 Å². The molecule has 0 unspecified atom stereocenters. The van der Waals surface area contributed by atoms with Gasteiger partial charge in [0.25, 0.3) is 10.0 Å². The molecular weight excluding hydrogens is 330 g/mol. The van der Waals surface area contributed by atoms with Crippen LogP contribution in [0.2, 0.25) is 0 Å². The Morgan fingerprint density at radius 1 is 0.792 bits per heavy atom. The van der Waals surface area contributed by atoms with Crippen molar-refractivity contribution in [3.63, 3.8) is 0 Å². The molecular formula is C16H17N3O4S. The van der Waals surface area contributed by atoms with Crippen LogP contribution in [0.25, 0.3) is 0 Å². The quantitative estimate of drug-likeness (QED) is 0.772. The first-order chi connectivity index (χ1) is 11.3. The van der Waals surface area contributed by atoms with Gasteiger partial charge in [-0.15, -0.1) is 0 Å². The number of nitrogens with one attached hydrogen (secondary N) is 3. The van der Waals surface area contributed by atoms with Gasteiger partial charge in [0.1, 0.15) is 0 Å². The summed E-state index contributed by atoms with van der Waals surface area (Å²) in [5, 5.41) is 5.15. The molecule has 0 aliphatic carbocycles. The van der Waals surface area contributed by atoms with E-state index < -0.39 is 10.0 Å². The molecule has 3 N–H and O–H groups in total. The average Bonchev–Trinajstić information content (AvgIpc) is 2.46. The summed E-state index contributed by atoms with van der Waals surface area (Å²) in [4.78, 5) is 22.1. The zero-order chi connectivity index (χ0) is 17.7. The average molecular weight is 347 g/mol. The second-order valence-electron chi connectivity index (χ2n) is 5.07. The van der Waals surface area contributed by atoms with Gasteiger partial charge in [0.05, 0.1) is 10.6 Å². The van der Waals surface area contributed by atoms with Crippen molar-refractivity contribution in [3.8, 4) is 0 Å². The highest BCUT2D eigenvalue weighted by atomic mass is 32.2. The molecule has 7 nitrogen and oxygen atoms in total. The minimum absolute atomic E-state index is 0.0570. The number of benzene rings is 2. The summed E-state index contributed by atoms with van der Waals surface area (Å²) in [5.41, 5.74) is 1.32.